The molecule has 0 saturated carbocycles. The molecule has 58 heavy (non-hydrogen) atoms. The van der Waals surface area contributed by atoms with Gasteiger partial charge in [0, 0.05) is 54.7 Å². The monoisotopic (exact) mass is 739 g/mol. The van der Waals surface area contributed by atoms with Crippen molar-refractivity contribution < 1.29 is 0 Å². The van der Waals surface area contributed by atoms with Crippen LogP contribution in [0.15, 0.2) is 200 Å². The van der Waals surface area contributed by atoms with E-state index in [0.717, 1.165) is 33.5 Å². The fraction of sp³-hybridized carbons (Fsp3) is 0. The maximum absolute atomic E-state index is 5.01. The number of pyridine rings is 1. The molecule has 0 unspecified atom stereocenters. The summed E-state index contributed by atoms with van der Waals surface area (Å²) in [5.74, 6) is 1.93. The van der Waals surface area contributed by atoms with Crippen LogP contribution >= 0.6 is 0 Å². The van der Waals surface area contributed by atoms with Crippen LogP contribution in [-0.2, 0) is 0 Å². The highest BCUT2D eigenvalue weighted by molar-refractivity contribution is 6.31. The van der Waals surface area contributed by atoms with Gasteiger partial charge in [0.2, 0.25) is 0 Å². The standard InChI is InChI=1S/C53H33N5/c1-3-15-34(16-4-1)51-54-52(35-17-5-2-6-18-35)56-53(55-51)39-22-13-20-36(31-39)37-21-14-23-40(32-37)57-45-27-11-9-25-42(45)50-47(57)30-29-43-48-33-38-19-7-10-26-44(38)58(48)46-28-12-8-24-41(46)49(43)50/h1-33H. The average Bonchev–Trinajstić information content (AvgIpc) is 3.86. The maximum Gasteiger partial charge on any atom is 0.164 e. The zero-order valence-corrected chi connectivity index (χ0v) is 31.3. The summed E-state index contributed by atoms with van der Waals surface area (Å²) in [5, 5.41) is 7.52. The number of benzene rings is 8. The molecule has 0 fully saturated rings. The van der Waals surface area contributed by atoms with Gasteiger partial charge in [0.1, 0.15) is 0 Å². The van der Waals surface area contributed by atoms with Gasteiger partial charge in [0.15, 0.2) is 17.5 Å². The molecule has 5 heteroatoms. The van der Waals surface area contributed by atoms with Crippen LogP contribution in [0.3, 0.4) is 0 Å². The van der Waals surface area contributed by atoms with Crippen molar-refractivity contribution in [3.8, 4) is 51.0 Å². The summed E-state index contributed by atoms with van der Waals surface area (Å²) >= 11 is 0. The first-order valence-corrected chi connectivity index (χ1v) is 19.6. The molecule has 0 N–H and O–H groups in total. The molecule has 0 radical (unpaired) electrons. The predicted molar refractivity (Wildman–Crippen MR) is 239 cm³/mol. The van der Waals surface area contributed by atoms with Crippen molar-refractivity contribution in [3.05, 3.63) is 200 Å². The molecule has 0 aliphatic rings. The average molecular weight is 740 g/mol. The first kappa shape index (κ1) is 32.4. The molecule has 8 aromatic carbocycles. The lowest BCUT2D eigenvalue weighted by Crippen LogP contribution is -2.00. The number of rotatable bonds is 5. The SMILES string of the molecule is c1ccc(-c2nc(-c3ccccc3)nc(-c3cccc(-c4cccc(-n5c6ccccc6c6c7c8ccccc8n8c9ccccc9cc8c7ccc65)c4)c3)n2)cc1. The Labute approximate surface area is 333 Å². The molecule has 12 aromatic rings. The van der Waals surface area contributed by atoms with Gasteiger partial charge in [0.25, 0.3) is 0 Å². The summed E-state index contributed by atoms with van der Waals surface area (Å²) < 4.78 is 4.85. The highest BCUT2D eigenvalue weighted by atomic mass is 15.0. The summed E-state index contributed by atoms with van der Waals surface area (Å²) in [6.45, 7) is 0. The number of aromatic nitrogens is 5. The van der Waals surface area contributed by atoms with E-state index in [1.54, 1.807) is 0 Å². The normalized spacial score (nSPS) is 11.8. The molecule has 0 aliphatic heterocycles. The highest BCUT2D eigenvalue weighted by Gasteiger charge is 2.20. The van der Waals surface area contributed by atoms with E-state index < -0.39 is 0 Å². The fourth-order valence-corrected chi connectivity index (χ4v) is 8.92. The van der Waals surface area contributed by atoms with Crippen LogP contribution in [-0.4, -0.2) is 23.9 Å². The van der Waals surface area contributed by atoms with Gasteiger partial charge in [-0.05, 0) is 59.7 Å². The first-order valence-electron chi connectivity index (χ1n) is 19.6. The van der Waals surface area contributed by atoms with E-state index in [9.17, 15) is 0 Å². The molecular weight excluding hydrogens is 707 g/mol. The van der Waals surface area contributed by atoms with E-state index in [1.807, 2.05) is 60.7 Å². The number of hydrogen-bond donors (Lipinski definition) is 0. The van der Waals surface area contributed by atoms with Crippen LogP contribution in [0.2, 0.25) is 0 Å². The molecular formula is C53H33N5. The molecule has 4 heterocycles. The smallest absolute Gasteiger partial charge is 0.164 e. The Bertz CT molecular complexity index is 3510. The molecule has 0 atom stereocenters. The summed E-state index contributed by atoms with van der Waals surface area (Å²) in [4.78, 5) is 14.9. The summed E-state index contributed by atoms with van der Waals surface area (Å²) in [6, 6.07) is 71.0. The Hall–Kier alpha value is -7.89. The third kappa shape index (κ3) is 5.00. The second kappa shape index (κ2) is 12.8. The van der Waals surface area contributed by atoms with Crippen molar-refractivity contribution >= 4 is 59.9 Å². The van der Waals surface area contributed by atoms with E-state index in [0.29, 0.717) is 17.5 Å². The van der Waals surface area contributed by atoms with Gasteiger partial charge >= 0.3 is 0 Å². The van der Waals surface area contributed by atoms with Gasteiger partial charge in [0.05, 0.1) is 27.6 Å². The van der Waals surface area contributed by atoms with Crippen molar-refractivity contribution in [1.29, 1.82) is 0 Å². The molecule has 0 aliphatic carbocycles. The number of hydrogen-bond acceptors (Lipinski definition) is 3. The van der Waals surface area contributed by atoms with Gasteiger partial charge in [-0.25, -0.2) is 15.0 Å². The number of nitrogens with zero attached hydrogens (tertiary/aromatic N) is 5. The van der Waals surface area contributed by atoms with Crippen LogP contribution in [0.25, 0.3) is 111 Å². The highest BCUT2D eigenvalue weighted by Crippen LogP contribution is 2.43. The Balaban J connectivity index is 1.04. The van der Waals surface area contributed by atoms with Gasteiger partial charge in [-0.15, -0.1) is 0 Å². The molecule has 0 bridgehead atoms. The van der Waals surface area contributed by atoms with Gasteiger partial charge < -0.3 is 8.97 Å². The second-order valence-electron chi connectivity index (χ2n) is 14.8. The van der Waals surface area contributed by atoms with Crippen LogP contribution < -0.4 is 0 Å². The van der Waals surface area contributed by atoms with Crippen LogP contribution in [0, 0.1) is 0 Å². The minimum Gasteiger partial charge on any atom is -0.309 e. The minimum absolute atomic E-state index is 0.636. The first-order chi connectivity index (χ1) is 28.8. The molecule has 5 nitrogen and oxygen atoms in total. The third-order valence-corrected chi connectivity index (χ3v) is 11.5. The van der Waals surface area contributed by atoms with Gasteiger partial charge in [-0.1, -0.05) is 152 Å². The van der Waals surface area contributed by atoms with Gasteiger partial charge in [-0.3, -0.25) is 0 Å². The second-order valence-corrected chi connectivity index (χ2v) is 14.8. The topological polar surface area (TPSA) is 48.0 Å². The lowest BCUT2D eigenvalue weighted by atomic mass is 9.99. The van der Waals surface area contributed by atoms with Gasteiger partial charge in [-0.2, -0.15) is 0 Å². The third-order valence-electron chi connectivity index (χ3n) is 11.5. The Morgan fingerprint density at radius 1 is 0.293 bits per heavy atom. The summed E-state index contributed by atoms with van der Waals surface area (Å²) in [7, 11) is 0. The Kier molecular flexibility index (Phi) is 7.16. The Morgan fingerprint density at radius 3 is 1.53 bits per heavy atom. The minimum atomic E-state index is 0.636. The van der Waals surface area contributed by atoms with E-state index >= 15 is 0 Å². The van der Waals surface area contributed by atoms with Crippen LogP contribution in [0.1, 0.15) is 0 Å². The molecule has 270 valence electrons. The van der Waals surface area contributed by atoms with E-state index in [1.165, 1.54) is 59.9 Å². The van der Waals surface area contributed by atoms with E-state index in [2.05, 4.69) is 148 Å². The molecule has 4 aromatic heterocycles. The quantitative estimate of drug-likeness (QED) is 0.165. The van der Waals surface area contributed by atoms with E-state index in [4.69, 9.17) is 15.0 Å². The van der Waals surface area contributed by atoms with Crippen molar-refractivity contribution in [2.45, 2.75) is 0 Å². The fourth-order valence-electron chi connectivity index (χ4n) is 8.92. The molecule has 12 rings (SSSR count). The van der Waals surface area contributed by atoms with Crippen molar-refractivity contribution in [2.75, 3.05) is 0 Å². The van der Waals surface area contributed by atoms with E-state index in [-0.39, 0.29) is 0 Å². The largest absolute Gasteiger partial charge is 0.309 e. The summed E-state index contributed by atoms with van der Waals surface area (Å²) in [6.07, 6.45) is 0. The lowest BCUT2D eigenvalue weighted by Gasteiger charge is -2.13. The zero-order chi connectivity index (χ0) is 38.2. The number of para-hydroxylation sites is 3. The molecule has 0 amide bonds. The Morgan fingerprint density at radius 2 is 0.810 bits per heavy atom. The predicted octanol–water partition coefficient (Wildman–Crippen LogP) is 13.3. The number of fused-ring (bicyclic) bond motifs is 12. The van der Waals surface area contributed by atoms with Crippen LogP contribution in [0.5, 0.6) is 0 Å². The van der Waals surface area contributed by atoms with Crippen molar-refractivity contribution in [2.24, 2.45) is 0 Å². The maximum atomic E-state index is 5.01. The van der Waals surface area contributed by atoms with Crippen LogP contribution in [0.4, 0.5) is 0 Å². The lowest BCUT2D eigenvalue weighted by molar-refractivity contribution is 1.07. The summed E-state index contributed by atoms with van der Waals surface area (Å²) in [5.41, 5.74) is 12.1. The molecule has 0 saturated heterocycles. The zero-order valence-electron chi connectivity index (χ0n) is 31.3. The molecule has 0 spiro atoms. The van der Waals surface area contributed by atoms with Crippen molar-refractivity contribution in [1.82, 2.24) is 23.9 Å². The van der Waals surface area contributed by atoms with Crippen molar-refractivity contribution in [3.63, 3.8) is 0 Å².